The third-order valence-corrected chi connectivity index (χ3v) is 8.66. The molecule has 0 heterocycles. The van der Waals surface area contributed by atoms with Crippen LogP contribution in [-0.4, -0.2) is 25.2 Å². The first kappa shape index (κ1) is 25.9. The van der Waals surface area contributed by atoms with Gasteiger partial charge in [0.2, 0.25) is 0 Å². The SMILES string of the molecule is CCCOC(=O)C1(C(C)C)C2(C(C)C)C=CC(C(C)C)(C2)C1(C(=O)OCCC)C(C)C. The monoisotopic (exact) mass is 434 g/mol. The van der Waals surface area contributed by atoms with Crippen molar-refractivity contribution in [1.82, 2.24) is 0 Å². The highest BCUT2D eigenvalue weighted by Crippen LogP contribution is 2.83. The molecule has 4 heteroatoms. The van der Waals surface area contributed by atoms with E-state index in [9.17, 15) is 9.59 Å². The fraction of sp³-hybridized carbons (Fsp3) is 0.852. The van der Waals surface area contributed by atoms with Gasteiger partial charge in [-0.3, -0.25) is 9.59 Å². The van der Waals surface area contributed by atoms with Crippen molar-refractivity contribution in [1.29, 1.82) is 0 Å². The smallest absolute Gasteiger partial charge is 0.314 e. The van der Waals surface area contributed by atoms with Crippen molar-refractivity contribution in [2.45, 2.75) is 88.5 Å². The molecule has 1 saturated carbocycles. The molecule has 2 rings (SSSR count). The van der Waals surface area contributed by atoms with Crippen LogP contribution in [0, 0.1) is 45.3 Å². The Morgan fingerprint density at radius 2 is 1.00 bits per heavy atom. The van der Waals surface area contributed by atoms with Crippen LogP contribution >= 0.6 is 0 Å². The van der Waals surface area contributed by atoms with Crippen LogP contribution in [0.4, 0.5) is 0 Å². The molecule has 178 valence electrons. The lowest BCUT2D eigenvalue weighted by atomic mass is 9.40. The molecule has 31 heavy (non-hydrogen) atoms. The van der Waals surface area contributed by atoms with Crippen molar-refractivity contribution in [3.05, 3.63) is 12.2 Å². The summed E-state index contributed by atoms with van der Waals surface area (Å²) in [5, 5.41) is 0. The lowest BCUT2D eigenvalue weighted by Gasteiger charge is -2.60. The van der Waals surface area contributed by atoms with E-state index < -0.39 is 21.7 Å². The molecule has 2 bridgehead atoms. The maximum atomic E-state index is 14.3. The summed E-state index contributed by atoms with van der Waals surface area (Å²) < 4.78 is 11.9. The highest BCUT2D eigenvalue weighted by molar-refractivity contribution is 5.93. The van der Waals surface area contributed by atoms with Crippen LogP contribution < -0.4 is 0 Å². The highest BCUT2D eigenvalue weighted by atomic mass is 16.5. The first-order valence-corrected chi connectivity index (χ1v) is 12.4. The van der Waals surface area contributed by atoms with Gasteiger partial charge in [0.15, 0.2) is 0 Å². The van der Waals surface area contributed by atoms with E-state index in [1.807, 2.05) is 13.8 Å². The van der Waals surface area contributed by atoms with Gasteiger partial charge in [0.1, 0.15) is 0 Å². The van der Waals surface area contributed by atoms with Crippen molar-refractivity contribution >= 4 is 11.9 Å². The molecule has 0 saturated heterocycles. The molecule has 0 aromatic carbocycles. The minimum absolute atomic E-state index is 0.0820. The summed E-state index contributed by atoms with van der Waals surface area (Å²) in [5.41, 5.74) is -2.87. The van der Waals surface area contributed by atoms with Gasteiger partial charge in [-0.05, 0) is 42.9 Å². The number of hydrogen-bond acceptors (Lipinski definition) is 4. The lowest BCUT2D eigenvalue weighted by molar-refractivity contribution is -0.213. The van der Waals surface area contributed by atoms with Gasteiger partial charge in [0.25, 0.3) is 0 Å². The van der Waals surface area contributed by atoms with Crippen LogP contribution in [0.5, 0.6) is 0 Å². The molecule has 0 N–H and O–H groups in total. The molecular formula is C27H46O4. The Morgan fingerprint density at radius 1 is 0.677 bits per heavy atom. The van der Waals surface area contributed by atoms with Gasteiger partial charge in [-0.15, -0.1) is 0 Å². The van der Waals surface area contributed by atoms with Crippen molar-refractivity contribution in [2.24, 2.45) is 45.3 Å². The maximum Gasteiger partial charge on any atom is 0.314 e. The number of fused-ring (bicyclic) bond motifs is 2. The topological polar surface area (TPSA) is 52.6 Å². The maximum absolute atomic E-state index is 14.3. The number of carbonyl (C=O) groups is 2. The normalized spacial score (nSPS) is 34.4. The lowest BCUT2D eigenvalue weighted by Crippen LogP contribution is -2.67. The van der Waals surface area contributed by atoms with Crippen molar-refractivity contribution < 1.29 is 19.1 Å². The Bertz CT molecular complexity index is 648. The van der Waals surface area contributed by atoms with E-state index in [2.05, 4.69) is 67.5 Å². The average Bonchev–Trinajstić information content (AvgIpc) is 3.22. The molecule has 0 aromatic rings. The van der Waals surface area contributed by atoms with E-state index in [0.29, 0.717) is 13.2 Å². The van der Waals surface area contributed by atoms with E-state index in [-0.39, 0.29) is 35.6 Å². The minimum atomic E-state index is -0.985. The van der Waals surface area contributed by atoms with Gasteiger partial charge in [0, 0.05) is 10.8 Å². The molecule has 2 aliphatic carbocycles. The summed E-state index contributed by atoms with van der Waals surface area (Å²) in [4.78, 5) is 28.5. The van der Waals surface area contributed by atoms with Crippen molar-refractivity contribution in [3.63, 3.8) is 0 Å². The molecule has 4 unspecified atom stereocenters. The van der Waals surface area contributed by atoms with Gasteiger partial charge in [-0.2, -0.15) is 0 Å². The van der Waals surface area contributed by atoms with Crippen LogP contribution in [-0.2, 0) is 19.1 Å². The van der Waals surface area contributed by atoms with E-state index >= 15 is 0 Å². The van der Waals surface area contributed by atoms with Gasteiger partial charge in [-0.25, -0.2) is 0 Å². The number of esters is 2. The fourth-order valence-electron chi connectivity index (χ4n) is 7.66. The zero-order chi connectivity index (χ0) is 23.8. The van der Waals surface area contributed by atoms with E-state index in [0.717, 1.165) is 19.3 Å². The van der Waals surface area contributed by atoms with Gasteiger partial charge in [-0.1, -0.05) is 81.4 Å². The molecule has 4 nitrogen and oxygen atoms in total. The van der Waals surface area contributed by atoms with Crippen LogP contribution in [0.25, 0.3) is 0 Å². The third kappa shape index (κ3) is 2.99. The molecular weight excluding hydrogens is 388 g/mol. The van der Waals surface area contributed by atoms with Crippen LogP contribution in [0.1, 0.15) is 88.5 Å². The zero-order valence-electron chi connectivity index (χ0n) is 21.6. The molecule has 0 radical (unpaired) electrons. The second-order valence-electron chi connectivity index (χ2n) is 11.1. The molecule has 1 fully saturated rings. The summed E-state index contributed by atoms with van der Waals surface area (Å²) in [6, 6.07) is 0. The summed E-state index contributed by atoms with van der Waals surface area (Å²) in [5.74, 6) is -0.233. The van der Waals surface area contributed by atoms with E-state index in [1.54, 1.807) is 0 Å². The Kier molecular flexibility index (Phi) is 7.45. The number of rotatable bonds is 10. The molecule has 0 aliphatic heterocycles. The Hall–Kier alpha value is -1.32. The van der Waals surface area contributed by atoms with Crippen molar-refractivity contribution in [3.8, 4) is 0 Å². The van der Waals surface area contributed by atoms with Crippen molar-refractivity contribution in [2.75, 3.05) is 13.2 Å². The molecule has 2 aliphatic rings. The van der Waals surface area contributed by atoms with Gasteiger partial charge >= 0.3 is 11.9 Å². The van der Waals surface area contributed by atoms with Crippen LogP contribution in [0.3, 0.4) is 0 Å². The second-order valence-corrected chi connectivity index (χ2v) is 11.1. The fourth-order valence-corrected chi connectivity index (χ4v) is 7.66. The Labute approximate surface area is 190 Å². The molecule has 0 amide bonds. The zero-order valence-corrected chi connectivity index (χ0v) is 21.6. The molecule has 4 atom stereocenters. The molecule has 0 spiro atoms. The summed E-state index contributed by atoms with van der Waals surface area (Å²) >= 11 is 0. The average molecular weight is 435 g/mol. The van der Waals surface area contributed by atoms with Gasteiger partial charge in [0.05, 0.1) is 24.0 Å². The number of hydrogen-bond donors (Lipinski definition) is 0. The number of ether oxygens (including phenoxy) is 2. The largest absolute Gasteiger partial charge is 0.465 e. The second kappa shape index (κ2) is 8.90. The van der Waals surface area contributed by atoms with Crippen LogP contribution in [0.15, 0.2) is 12.2 Å². The quantitative estimate of drug-likeness (QED) is 0.293. The number of carbonyl (C=O) groups excluding carboxylic acids is 2. The highest BCUT2D eigenvalue weighted by Gasteiger charge is 2.86. The summed E-state index contributed by atoms with van der Waals surface area (Å²) in [7, 11) is 0. The Balaban J connectivity index is 3.03. The summed E-state index contributed by atoms with van der Waals surface area (Å²) in [6.45, 7) is 21.9. The Morgan fingerprint density at radius 3 is 1.23 bits per heavy atom. The minimum Gasteiger partial charge on any atom is -0.465 e. The third-order valence-electron chi connectivity index (χ3n) is 8.66. The summed E-state index contributed by atoms with van der Waals surface area (Å²) in [6.07, 6.45) is 6.86. The van der Waals surface area contributed by atoms with Crippen LogP contribution in [0.2, 0.25) is 0 Å². The first-order chi connectivity index (χ1) is 14.4. The predicted octanol–water partition coefficient (Wildman–Crippen LogP) is 6.44. The standard InChI is InChI=1S/C27H46O4/c1-11-15-30-22(28)26(20(7)8)24(18(3)4)13-14-25(17-24,19(5)6)27(26,21(9)10)23(29)31-16-12-2/h13-14,18-21H,11-12,15-17H2,1-10H3. The van der Waals surface area contributed by atoms with Gasteiger partial charge < -0.3 is 9.47 Å². The van der Waals surface area contributed by atoms with E-state index in [1.165, 1.54) is 0 Å². The first-order valence-electron chi connectivity index (χ1n) is 12.4. The predicted molar refractivity (Wildman–Crippen MR) is 125 cm³/mol. The molecule has 0 aromatic heterocycles. The van der Waals surface area contributed by atoms with E-state index in [4.69, 9.17) is 9.47 Å². The number of allylic oxidation sites excluding steroid dienone is 2.